The molecule has 0 unspecified atom stereocenters. The Balaban J connectivity index is 1.77. The van der Waals surface area contributed by atoms with E-state index in [0.717, 1.165) is 16.9 Å². The zero-order valence-corrected chi connectivity index (χ0v) is 17.3. The quantitative estimate of drug-likeness (QED) is 0.392. The Hall–Kier alpha value is -3.46. The predicted molar refractivity (Wildman–Crippen MR) is 124 cm³/mol. The largest absolute Gasteiger partial charge is 0.320 e. The second-order valence-corrected chi connectivity index (χ2v) is 7.65. The van der Waals surface area contributed by atoms with Crippen LogP contribution in [0.25, 0.3) is 5.70 Å². The molecule has 4 nitrogen and oxygen atoms in total. The van der Waals surface area contributed by atoms with Crippen molar-refractivity contribution in [2.24, 2.45) is 0 Å². The molecule has 0 aliphatic carbocycles. The third-order valence-corrected chi connectivity index (χ3v) is 5.77. The molecule has 0 fully saturated rings. The Morgan fingerprint density at radius 1 is 0.933 bits per heavy atom. The third-order valence-electron chi connectivity index (χ3n) is 4.48. The van der Waals surface area contributed by atoms with Crippen LogP contribution in [0.5, 0.6) is 0 Å². The van der Waals surface area contributed by atoms with Gasteiger partial charge in [0.25, 0.3) is 5.91 Å². The summed E-state index contributed by atoms with van der Waals surface area (Å²) in [6, 6.07) is 28.6. The number of para-hydroxylation sites is 2. The van der Waals surface area contributed by atoms with Gasteiger partial charge in [-0.2, -0.15) is 5.26 Å². The maximum absolute atomic E-state index is 13.0. The first-order valence-corrected chi connectivity index (χ1v) is 10.4. The zero-order chi connectivity index (χ0) is 20.9. The highest BCUT2D eigenvalue weighted by Crippen LogP contribution is 2.44. The standard InChI is InChI=1S/C24H16ClN3OS/c25-20-13-7-8-14-21(20)27-23(29)19(15-26)24-28(18-11-5-2-6-12-18)22(16-30-24)17-9-3-1-4-10-17/h1-14,16H,(H,27,29). The summed E-state index contributed by atoms with van der Waals surface area (Å²) < 4.78 is 0. The van der Waals surface area contributed by atoms with E-state index in [4.69, 9.17) is 11.6 Å². The van der Waals surface area contributed by atoms with E-state index in [1.165, 1.54) is 11.8 Å². The third kappa shape index (κ3) is 3.97. The Kier molecular flexibility index (Phi) is 5.89. The minimum atomic E-state index is -0.503. The molecule has 0 saturated heterocycles. The van der Waals surface area contributed by atoms with Gasteiger partial charge >= 0.3 is 0 Å². The highest BCUT2D eigenvalue weighted by Gasteiger charge is 2.30. The molecular weight excluding hydrogens is 414 g/mol. The van der Waals surface area contributed by atoms with E-state index in [0.29, 0.717) is 15.7 Å². The first-order valence-electron chi connectivity index (χ1n) is 9.16. The second kappa shape index (κ2) is 8.91. The lowest BCUT2D eigenvalue weighted by Gasteiger charge is -2.24. The number of nitriles is 1. The Bertz CT molecular complexity index is 1180. The topological polar surface area (TPSA) is 56.1 Å². The normalized spacial score (nSPS) is 14.7. The fraction of sp³-hybridized carbons (Fsp3) is 0. The minimum Gasteiger partial charge on any atom is -0.320 e. The molecule has 1 aliphatic heterocycles. The lowest BCUT2D eigenvalue weighted by Crippen LogP contribution is -2.22. The van der Waals surface area contributed by atoms with Crippen molar-refractivity contribution in [2.75, 3.05) is 10.2 Å². The molecule has 3 aromatic rings. The first-order chi connectivity index (χ1) is 14.7. The van der Waals surface area contributed by atoms with Gasteiger partial charge in [-0.15, -0.1) is 0 Å². The smallest absolute Gasteiger partial charge is 0.269 e. The van der Waals surface area contributed by atoms with Crippen LogP contribution in [-0.4, -0.2) is 5.91 Å². The molecule has 0 saturated carbocycles. The molecule has 1 aliphatic rings. The number of carbonyl (C=O) groups is 1. The van der Waals surface area contributed by atoms with Crippen molar-refractivity contribution < 1.29 is 4.79 Å². The van der Waals surface area contributed by atoms with Crippen molar-refractivity contribution >= 4 is 46.3 Å². The number of amides is 1. The Morgan fingerprint density at radius 2 is 1.57 bits per heavy atom. The molecule has 4 rings (SSSR count). The maximum atomic E-state index is 13.0. The van der Waals surface area contributed by atoms with Crippen molar-refractivity contribution in [1.82, 2.24) is 0 Å². The monoisotopic (exact) mass is 429 g/mol. The van der Waals surface area contributed by atoms with Crippen molar-refractivity contribution in [2.45, 2.75) is 0 Å². The number of nitrogens with zero attached hydrogens (tertiary/aromatic N) is 2. The van der Waals surface area contributed by atoms with E-state index in [2.05, 4.69) is 11.4 Å². The number of hydrogen-bond donors (Lipinski definition) is 1. The second-order valence-electron chi connectivity index (χ2n) is 6.38. The van der Waals surface area contributed by atoms with Crippen LogP contribution in [0.3, 0.4) is 0 Å². The Morgan fingerprint density at radius 3 is 2.23 bits per heavy atom. The summed E-state index contributed by atoms with van der Waals surface area (Å²) in [7, 11) is 0. The molecule has 0 radical (unpaired) electrons. The molecule has 6 heteroatoms. The summed E-state index contributed by atoms with van der Waals surface area (Å²) in [5.41, 5.74) is 3.24. The van der Waals surface area contributed by atoms with Gasteiger partial charge in [0.2, 0.25) is 0 Å². The maximum Gasteiger partial charge on any atom is 0.269 e. The zero-order valence-electron chi connectivity index (χ0n) is 15.7. The molecule has 30 heavy (non-hydrogen) atoms. The summed E-state index contributed by atoms with van der Waals surface area (Å²) in [5, 5.41) is 15.5. The first kappa shape index (κ1) is 19.8. The molecule has 0 bridgehead atoms. The van der Waals surface area contributed by atoms with Gasteiger partial charge < -0.3 is 10.2 Å². The number of anilines is 2. The molecule has 0 aromatic heterocycles. The van der Waals surface area contributed by atoms with Crippen LogP contribution in [0.2, 0.25) is 5.02 Å². The van der Waals surface area contributed by atoms with Crippen molar-refractivity contribution in [3.05, 3.63) is 112 Å². The highest BCUT2D eigenvalue weighted by molar-refractivity contribution is 8.06. The van der Waals surface area contributed by atoms with Crippen LogP contribution in [0.15, 0.2) is 101 Å². The number of nitrogens with one attached hydrogen (secondary N) is 1. The number of rotatable bonds is 4. The van der Waals surface area contributed by atoms with Crippen LogP contribution < -0.4 is 10.2 Å². The average Bonchev–Trinajstić information content (AvgIpc) is 3.22. The number of thioether (sulfide) groups is 1. The van der Waals surface area contributed by atoms with Gasteiger partial charge in [0, 0.05) is 11.1 Å². The van der Waals surface area contributed by atoms with Gasteiger partial charge in [0.05, 0.1) is 16.4 Å². The molecule has 0 spiro atoms. The number of benzene rings is 3. The predicted octanol–water partition coefficient (Wildman–Crippen LogP) is 6.27. The van der Waals surface area contributed by atoms with Crippen LogP contribution in [0, 0.1) is 11.3 Å². The van der Waals surface area contributed by atoms with E-state index in [1.807, 2.05) is 71.0 Å². The SMILES string of the molecule is N#CC(C(=O)Nc1ccccc1Cl)=C1SC=C(c2ccccc2)N1c1ccccc1. The number of halogens is 1. The summed E-state index contributed by atoms with van der Waals surface area (Å²) in [4.78, 5) is 14.9. The molecule has 3 aromatic carbocycles. The van der Waals surface area contributed by atoms with E-state index >= 15 is 0 Å². The van der Waals surface area contributed by atoms with Gasteiger partial charge in [-0.05, 0) is 29.8 Å². The number of carbonyl (C=O) groups excluding carboxylic acids is 1. The highest BCUT2D eigenvalue weighted by atomic mass is 35.5. The fourth-order valence-electron chi connectivity index (χ4n) is 3.08. The summed E-state index contributed by atoms with van der Waals surface area (Å²) in [5.74, 6) is -0.503. The van der Waals surface area contributed by atoms with E-state index in [-0.39, 0.29) is 5.57 Å². The lowest BCUT2D eigenvalue weighted by atomic mass is 10.1. The van der Waals surface area contributed by atoms with Gasteiger partial charge in [-0.25, -0.2) is 0 Å². The molecule has 1 N–H and O–H groups in total. The molecular formula is C24H16ClN3OS. The van der Waals surface area contributed by atoms with Gasteiger partial charge in [-0.3, -0.25) is 4.79 Å². The van der Waals surface area contributed by atoms with E-state index in [1.54, 1.807) is 24.3 Å². The van der Waals surface area contributed by atoms with Gasteiger partial charge in [-0.1, -0.05) is 84.0 Å². The fourth-order valence-corrected chi connectivity index (χ4v) is 4.29. The molecule has 0 atom stereocenters. The lowest BCUT2D eigenvalue weighted by molar-refractivity contribution is -0.112. The van der Waals surface area contributed by atoms with Crippen LogP contribution in [0.4, 0.5) is 11.4 Å². The van der Waals surface area contributed by atoms with Crippen LogP contribution in [0.1, 0.15) is 5.56 Å². The van der Waals surface area contributed by atoms with Gasteiger partial charge in [0.15, 0.2) is 0 Å². The number of hydrogen-bond acceptors (Lipinski definition) is 4. The molecule has 146 valence electrons. The van der Waals surface area contributed by atoms with E-state index < -0.39 is 5.91 Å². The minimum absolute atomic E-state index is 0.0194. The average molecular weight is 430 g/mol. The molecule has 1 amide bonds. The summed E-state index contributed by atoms with van der Waals surface area (Å²) in [6.07, 6.45) is 0. The van der Waals surface area contributed by atoms with Crippen molar-refractivity contribution in [3.8, 4) is 6.07 Å². The van der Waals surface area contributed by atoms with Gasteiger partial charge in [0.1, 0.15) is 16.7 Å². The van der Waals surface area contributed by atoms with Crippen LogP contribution >= 0.6 is 23.4 Å². The Labute approximate surface area is 184 Å². The summed E-state index contributed by atoms with van der Waals surface area (Å²) >= 11 is 7.52. The van der Waals surface area contributed by atoms with Crippen LogP contribution in [-0.2, 0) is 4.79 Å². The van der Waals surface area contributed by atoms with E-state index in [9.17, 15) is 10.1 Å². The van der Waals surface area contributed by atoms with Crippen molar-refractivity contribution in [1.29, 1.82) is 5.26 Å². The van der Waals surface area contributed by atoms with Crippen molar-refractivity contribution in [3.63, 3.8) is 0 Å². The summed E-state index contributed by atoms with van der Waals surface area (Å²) in [6.45, 7) is 0. The molecule has 1 heterocycles.